The van der Waals surface area contributed by atoms with Crippen molar-refractivity contribution in [2.45, 2.75) is 20.3 Å². The van der Waals surface area contributed by atoms with Crippen LogP contribution in [0.5, 0.6) is 0 Å². The average Bonchev–Trinajstić information content (AvgIpc) is 3.13. The summed E-state index contributed by atoms with van der Waals surface area (Å²) in [5.41, 5.74) is 7.72. The van der Waals surface area contributed by atoms with Crippen LogP contribution in [0, 0.1) is 13.8 Å². The molecule has 8 nitrogen and oxygen atoms in total. The highest BCUT2D eigenvalue weighted by atomic mass is 32.1. The van der Waals surface area contributed by atoms with Crippen molar-refractivity contribution >= 4 is 34.2 Å². The topological polar surface area (TPSA) is 113 Å². The molecule has 0 aliphatic heterocycles. The molecule has 3 aromatic rings. The highest BCUT2D eigenvalue weighted by molar-refractivity contribution is 7.15. The van der Waals surface area contributed by atoms with Crippen molar-refractivity contribution in [1.82, 2.24) is 21.0 Å². The normalized spacial score (nSPS) is 10.3. The number of amides is 3. The molecule has 148 valence electrons. The third kappa shape index (κ3) is 5.69. The lowest BCUT2D eigenvalue weighted by Crippen LogP contribution is -2.42. The van der Waals surface area contributed by atoms with Gasteiger partial charge in [0.15, 0.2) is 0 Å². The van der Waals surface area contributed by atoms with E-state index in [1.807, 2.05) is 38.1 Å². The highest BCUT2D eigenvalue weighted by Crippen LogP contribution is 2.17. The lowest BCUT2D eigenvalue weighted by Gasteiger charge is -2.06. The molecule has 0 bridgehead atoms. The average molecular weight is 409 g/mol. The second-order valence-corrected chi connectivity index (χ2v) is 7.43. The van der Waals surface area contributed by atoms with Crippen LogP contribution in [0.3, 0.4) is 0 Å². The molecule has 0 atom stereocenters. The van der Waals surface area contributed by atoms with E-state index in [2.05, 4.69) is 26.4 Å². The molecule has 3 amide bonds. The van der Waals surface area contributed by atoms with E-state index in [1.165, 1.54) is 0 Å². The standard InChI is InChI=1S/C20H19N5O3S/c1-12-3-7-14(8-4-12)18(27)21-20-25-23-17(29-20)11-16(26)22-24-19(28)15-9-5-13(2)6-10-15/h3-10H,11H2,1-2H3,(H,22,26)(H,24,28)(H,21,25,27). The zero-order chi connectivity index (χ0) is 20.8. The number of hydrogen-bond acceptors (Lipinski definition) is 6. The van der Waals surface area contributed by atoms with Crippen LogP contribution in [0.2, 0.25) is 0 Å². The van der Waals surface area contributed by atoms with Gasteiger partial charge in [0.05, 0.1) is 6.42 Å². The Morgan fingerprint density at radius 1 is 0.793 bits per heavy atom. The fourth-order valence-corrected chi connectivity index (χ4v) is 3.07. The summed E-state index contributed by atoms with van der Waals surface area (Å²) in [7, 11) is 0. The number of rotatable bonds is 5. The Labute approximate surface area is 171 Å². The van der Waals surface area contributed by atoms with Gasteiger partial charge in [-0.2, -0.15) is 0 Å². The summed E-state index contributed by atoms with van der Waals surface area (Å²) in [6.07, 6.45) is -0.0771. The van der Waals surface area contributed by atoms with Crippen LogP contribution in [0.4, 0.5) is 5.13 Å². The Morgan fingerprint density at radius 3 is 1.93 bits per heavy atom. The Morgan fingerprint density at radius 2 is 1.34 bits per heavy atom. The predicted molar refractivity (Wildman–Crippen MR) is 110 cm³/mol. The number of carbonyl (C=O) groups excluding carboxylic acids is 3. The maximum absolute atomic E-state index is 12.2. The molecule has 3 rings (SSSR count). The van der Waals surface area contributed by atoms with Crippen LogP contribution in [-0.4, -0.2) is 27.9 Å². The van der Waals surface area contributed by atoms with E-state index >= 15 is 0 Å². The SMILES string of the molecule is Cc1ccc(C(=O)NNC(=O)Cc2nnc(NC(=O)c3ccc(C)cc3)s2)cc1. The van der Waals surface area contributed by atoms with Crippen LogP contribution in [0.25, 0.3) is 0 Å². The number of nitrogens with one attached hydrogen (secondary N) is 3. The Kier molecular flexibility index (Phi) is 6.30. The smallest absolute Gasteiger partial charge is 0.269 e. The number of benzene rings is 2. The van der Waals surface area contributed by atoms with Gasteiger partial charge in [-0.25, -0.2) is 0 Å². The second-order valence-electron chi connectivity index (χ2n) is 6.37. The molecule has 2 aromatic carbocycles. The minimum absolute atomic E-state index is 0.0771. The molecular formula is C20H19N5O3S. The third-order valence-electron chi connectivity index (χ3n) is 3.94. The lowest BCUT2D eigenvalue weighted by molar-refractivity contribution is -0.121. The number of carbonyl (C=O) groups is 3. The molecular weight excluding hydrogens is 390 g/mol. The quantitative estimate of drug-likeness (QED) is 0.560. The van der Waals surface area contributed by atoms with Gasteiger partial charge in [0, 0.05) is 11.1 Å². The molecule has 1 aromatic heterocycles. The molecule has 0 spiro atoms. The van der Waals surface area contributed by atoms with Gasteiger partial charge in [0.1, 0.15) is 5.01 Å². The Balaban J connectivity index is 1.49. The lowest BCUT2D eigenvalue weighted by atomic mass is 10.1. The fourth-order valence-electron chi connectivity index (χ4n) is 2.33. The van der Waals surface area contributed by atoms with E-state index < -0.39 is 11.8 Å². The zero-order valence-electron chi connectivity index (χ0n) is 15.9. The van der Waals surface area contributed by atoms with Crippen molar-refractivity contribution in [3.05, 3.63) is 75.8 Å². The number of hydrogen-bond donors (Lipinski definition) is 3. The molecule has 1 heterocycles. The van der Waals surface area contributed by atoms with Gasteiger partial charge in [-0.05, 0) is 38.1 Å². The van der Waals surface area contributed by atoms with Crippen molar-refractivity contribution in [2.75, 3.05) is 5.32 Å². The van der Waals surface area contributed by atoms with Crippen molar-refractivity contribution < 1.29 is 14.4 Å². The van der Waals surface area contributed by atoms with Crippen molar-refractivity contribution in [3.63, 3.8) is 0 Å². The minimum Gasteiger partial charge on any atom is -0.296 e. The minimum atomic E-state index is -0.446. The predicted octanol–water partition coefficient (Wildman–Crippen LogP) is 2.41. The van der Waals surface area contributed by atoms with Crippen LogP contribution in [0.15, 0.2) is 48.5 Å². The van der Waals surface area contributed by atoms with Crippen LogP contribution >= 0.6 is 11.3 Å². The van der Waals surface area contributed by atoms with Gasteiger partial charge >= 0.3 is 0 Å². The number of hydrazine groups is 1. The maximum Gasteiger partial charge on any atom is 0.269 e. The molecule has 0 radical (unpaired) electrons. The largest absolute Gasteiger partial charge is 0.296 e. The van der Waals surface area contributed by atoms with Crippen molar-refractivity contribution in [3.8, 4) is 0 Å². The number of anilines is 1. The third-order valence-corrected chi connectivity index (χ3v) is 4.78. The van der Waals surface area contributed by atoms with E-state index in [0.29, 0.717) is 21.3 Å². The molecule has 0 aliphatic rings. The summed E-state index contributed by atoms with van der Waals surface area (Å²) in [5, 5.41) is 11.1. The van der Waals surface area contributed by atoms with E-state index in [1.54, 1.807) is 24.3 Å². The number of aryl methyl sites for hydroxylation is 2. The summed E-state index contributed by atoms with van der Waals surface area (Å²) in [6, 6.07) is 14.1. The molecule has 0 fully saturated rings. The fraction of sp³-hybridized carbons (Fsp3) is 0.150. The molecule has 0 saturated heterocycles. The van der Waals surface area contributed by atoms with Crippen LogP contribution in [0.1, 0.15) is 36.9 Å². The first-order valence-electron chi connectivity index (χ1n) is 8.77. The molecule has 29 heavy (non-hydrogen) atoms. The van der Waals surface area contributed by atoms with Gasteiger partial charge in [-0.1, -0.05) is 46.7 Å². The molecule has 0 unspecified atom stereocenters. The molecule has 0 saturated carbocycles. The monoisotopic (exact) mass is 409 g/mol. The van der Waals surface area contributed by atoms with Gasteiger partial charge in [-0.3, -0.25) is 30.6 Å². The van der Waals surface area contributed by atoms with Gasteiger partial charge < -0.3 is 0 Å². The van der Waals surface area contributed by atoms with Gasteiger partial charge in [0.2, 0.25) is 11.0 Å². The summed E-state index contributed by atoms with van der Waals surface area (Å²) in [6.45, 7) is 3.86. The molecule has 3 N–H and O–H groups in total. The first-order valence-corrected chi connectivity index (χ1v) is 9.58. The highest BCUT2D eigenvalue weighted by Gasteiger charge is 2.13. The molecule has 9 heteroatoms. The van der Waals surface area contributed by atoms with Crippen molar-refractivity contribution in [1.29, 1.82) is 0 Å². The zero-order valence-corrected chi connectivity index (χ0v) is 16.7. The first kappa shape index (κ1) is 20.2. The summed E-state index contributed by atoms with van der Waals surface area (Å²) in [4.78, 5) is 36.2. The van der Waals surface area contributed by atoms with E-state index in [0.717, 1.165) is 22.5 Å². The van der Waals surface area contributed by atoms with E-state index in [4.69, 9.17) is 0 Å². The maximum atomic E-state index is 12.2. The molecule has 0 aliphatic carbocycles. The van der Waals surface area contributed by atoms with Crippen LogP contribution in [-0.2, 0) is 11.2 Å². The van der Waals surface area contributed by atoms with Crippen LogP contribution < -0.4 is 16.2 Å². The van der Waals surface area contributed by atoms with Gasteiger partial charge in [0.25, 0.3) is 11.8 Å². The summed E-state index contributed by atoms with van der Waals surface area (Å²) >= 11 is 1.09. The Hall–Kier alpha value is -3.59. The number of nitrogens with zero attached hydrogens (tertiary/aromatic N) is 2. The summed E-state index contributed by atoms with van der Waals surface area (Å²) in [5.74, 6) is -1.16. The van der Waals surface area contributed by atoms with Crippen molar-refractivity contribution in [2.24, 2.45) is 0 Å². The number of aromatic nitrogens is 2. The van der Waals surface area contributed by atoms with E-state index in [-0.39, 0.29) is 12.3 Å². The Bertz CT molecular complexity index is 1030. The van der Waals surface area contributed by atoms with E-state index in [9.17, 15) is 14.4 Å². The van der Waals surface area contributed by atoms with Gasteiger partial charge in [-0.15, -0.1) is 10.2 Å². The second kappa shape index (κ2) is 9.07. The summed E-state index contributed by atoms with van der Waals surface area (Å²) < 4.78 is 0. The first-order chi connectivity index (χ1) is 13.9.